The molecule has 2 amide bonds. The zero-order valence-corrected chi connectivity index (χ0v) is 12.9. The van der Waals surface area contributed by atoms with Gasteiger partial charge in [-0.3, -0.25) is 14.4 Å². The second-order valence-electron chi connectivity index (χ2n) is 5.48. The average Bonchev–Trinajstić information content (AvgIpc) is 2.94. The summed E-state index contributed by atoms with van der Waals surface area (Å²) in [5.41, 5.74) is 0.986. The third-order valence-corrected chi connectivity index (χ3v) is 3.56. The van der Waals surface area contributed by atoms with Gasteiger partial charge in [0.05, 0.1) is 12.5 Å². The monoisotopic (exact) mass is 320 g/mol. The first-order valence-corrected chi connectivity index (χ1v) is 7.52. The number of ether oxygens (including phenoxy) is 1. The molecule has 3 N–H and O–H groups in total. The number of aliphatic carboxylic acids is 1. The number of anilines is 1. The van der Waals surface area contributed by atoms with Crippen molar-refractivity contribution in [1.29, 1.82) is 0 Å². The van der Waals surface area contributed by atoms with Crippen LogP contribution in [0, 0.1) is 0 Å². The molecular weight excluding hydrogens is 300 g/mol. The van der Waals surface area contributed by atoms with Crippen LogP contribution in [0.4, 0.5) is 5.69 Å². The smallest absolute Gasteiger partial charge is 0.305 e. The fourth-order valence-corrected chi connectivity index (χ4v) is 2.31. The van der Waals surface area contributed by atoms with E-state index in [4.69, 9.17) is 9.84 Å². The average molecular weight is 320 g/mol. The van der Waals surface area contributed by atoms with Gasteiger partial charge in [-0.2, -0.15) is 0 Å². The largest absolute Gasteiger partial charge is 0.481 e. The Kier molecular flexibility index (Phi) is 5.70. The summed E-state index contributed by atoms with van der Waals surface area (Å²) >= 11 is 0. The van der Waals surface area contributed by atoms with E-state index in [1.807, 2.05) is 6.92 Å². The van der Waals surface area contributed by atoms with Crippen molar-refractivity contribution in [3.05, 3.63) is 29.8 Å². The van der Waals surface area contributed by atoms with Crippen molar-refractivity contribution in [1.82, 2.24) is 5.32 Å². The van der Waals surface area contributed by atoms with E-state index in [0.717, 1.165) is 6.42 Å². The van der Waals surface area contributed by atoms with Gasteiger partial charge in [0.15, 0.2) is 0 Å². The molecule has 1 aromatic rings. The zero-order valence-electron chi connectivity index (χ0n) is 12.9. The van der Waals surface area contributed by atoms with E-state index < -0.39 is 12.1 Å². The van der Waals surface area contributed by atoms with Crippen molar-refractivity contribution < 1.29 is 24.2 Å². The molecule has 124 valence electrons. The van der Waals surface area contributed by atoms with Gasteiger partial charge >= 0.3 is 5.97 Å². The number of rotatable bonds is 6. The van der Waals surface area contributed by atoms with E-state index in [1.165, 1.54) is 0 Å². The highest BCUT2D eigenvalue weighted by Gasteiger charge is 2.28. The highest BCUT2D eigenvalue weighted by atomic mass is 16.5. The normalized spacial score (nSPS) is 20.0. The Morgan fingerprint density at radius 1 is 1.22 bits per heavy atom. The van der Waals surface area contributed by atoms with E-state index >= 15 is 0 Å². The number of nitrogens with one attached hydrogen (secondary N) is 2. The van der Waals surface area contributed by atoms with Gasteiger partial charge in [-0.25, -0.2) is 0 Å². The third-order valence-electron chi connectivity index (χ3n) is 3.56. The highest BCUT2D eigenvalue weighted by molar-refractivity contribution is 5.97. The maximum Gasteiger partial charge on any atom is 0.305 e. The number of benzene rings is 1. The topological polar surface area (TPSA) is 105 Å². The summed E-state index contributed by atoms with van der Waals surface area (Å²) < 4.78 is 5.50. The molecule has 1 aromatic carbocycles. The molecule has 0 bridgehead atoms. The number of hydrogen-bond donors (Lipinski definition) is 3. The minimum Gasteiger partial charge on any atom is -0.481 e. The summed E-state index contributed by atoms with van der Waals surface area (Å²) in [7, 11) is 0. The first-order valence-electron chi connectivity index (χ1n) is 7.52. The van der Waals surface area contributed by atoms with Crippen LogP contribution in [0.5, 0.6) is 0 Å². The van der Waals surface area contributed by atoms with Crippen LogP contribution in [0.2, 0.25) is 0 Å². The standard InChI is InChI=1S/C16H20N2O5/c1-10-2-7-13(23-10)16(22)18-12-5-3-11(4-6-12)15(21)17-9-8-14(19)20/h3-6,10,13H,2,7-9H2,1H3,(H,17,21)(H,18,22)(H,19,20). The lowest BCUT2D eigenvalue weighted by molar-refractivity contribution is -0.136. The van der Waals surface area contributed by atoms with Gasteiger partial charge in [0, 0.05) is 17.8 Å². The highest BCUT2D eigenvalue weighted by Crippen LogP contribution is 2.20. The van der Waals surface area contributed by atoms with Gasteiger partial charge < -0.3 is 20.5 Å². The molecular formula is C16H20N2O5. The molecule has 1 fully saturated rings. The minimum atomic E-state index is -0.966. The number of carboxylic acid groups (broad SMARTS) is 1. The summed E-state index contributed by atoms with van der Waals surface area (Å²) in [5, 5.41) is 13.8. The summed E-state index contributed by atoms with van der Waals surface area (Å²) in [6.45, 7) is 2.01. The van der Waals surface area contributed by atoms with E-state index in [1.54, 1.807) is 24.3 Å². The molecule has 23 heavy (non-hydrogen) atoms. The second-order valence-corrected chi connectivity index (χ2v) is 5.48. The Balaban J connectivity index is 1.85. The third kappa shape index (κ3) is 5.07. The van der Waals surface area contributed by atoms with Gasteiger partial charge in [-0.05, 0) is 44.0 Å². The fraction of sp³-hybridized carbons (Fsp3) is 0.438. The molecule has 0 aliphatic carbocycles. The van der Waals surface area contributed by atoms with Crippen molar-refractivity contribution in [3.63, 3.8) is 0 Å². The molecule has 1 heterocycles. The Labute approximate surface area is 134 Å². The van der Waals surface area contributed by atoms with Crippen LogP contribution in [0.25, 0.3) is 0 Å². The molecule has 1 saturated heterocycles. The van der Waals surface area contributed by atoms with Gasteiger partial charge in [0.25, 0.3) is 11.8 Å². The van der Waals surface area contributed by atoms with Crippen molar-refractivity contribution >= 4 is 23.5 Å². The number of amides is 2. The van der Waals surface area contributed by atoms with E-state index in [9.17, 15) is 14.4 Å². The lowest BCUT2D eigenvalue weighted by Gasteiger charge is -2.12. The zero-order chi connectivity index (χ0) is 16.8. The molecule has 1 aliphatic heterocycles. The van der Waals surface area contributed by atoms with E-state index in [2.05, 4.69) is 10.6 Å². The quantitative estimate of drug-likeness (QED) is 0.735. The molecule has 0 spiro atoms. The first-order chi connectivity index (χ1) is 11.0. The van der Waals surface area contributed by atoms with Crippen molar-refractivity contribution in [3.8, 4) is 0 Å². The van der Waals surface area contributed by atoms with Crippen LogP contribution < -0.4 is 10.6 Å². The SMILES string of the molecule is CC1CCC(C(=O)Nc2ccc(C(=O)NCCC(=O)O)cc2)O1. The molecule has 7 heteroatoms. The van der Waals surface area contributed by atoms with Gasteiger partial charge in [0.2, 0.25) is 0 Å². The van der Waals surface area contributed by atoms with Crippen LogP contribution in [0.15, 0.2) is 24.3 Å². The lowest BCUT2D eigenvalue weighted by atomic mass is 10.1. The second kappa shape index (κ2) is 7.73. The molecule has 1 aliphatic rings. The van der Waals surface area contributed by atoms with Crippen molar-refractivity contribution in [2.45, 2.75) is 38.4 Å². The van der Waals surface area contributed by atoms with Crippen LogP contribution in [0.1, 0.15) is 36.5 Å². The fourth-order valence-electron chi connectivity index (χ4n) is 2.31. The molecule has 0 aromatic heterocycles. The molecule has 0 radical (unpaired) electrons. The number of carbonyl (C=O) groups excluding carboxylic acids is 2. The van der Waals surface area contributed by atoms with Crippen LogP contribution >= 0.6 is 0 Å². The predicted octanol–water partition coefficient (Wildman–Crippen LogP) is 1.40. The minimum absolute atomic E-state index is 0.0733. The number of hydrogen-bond acceptors (Lipinski definition) is 4. The Morgan fingerprint density at radius 2 is 1.91 bits per heavy atom. The molecule has 2 atom stereocenters. The molecule has 2 rings (SSSR count). The summed E-state index contributed by atoms with van der Waals surface area (Å²) in [4.78, 5) is 34.2. The number of carboxylic acids is 1. The van der Waals surface area contributed by atoms with Crippen LogP contribution in [0.3, 0.4) is 0 Å². The van der Waals surface area contributed by atoms with E-state index in [0.29, 0.717) is 17.7 Å². The van der Waals surface area contributed by atoms with Gasteiger partial charge in [-0.15, -0.1) is 0 Å². The maximum atomic E-state index is 12.0. The van der Waals surface area contributed by atoms with Gasteiger partial charge in [0.1, 0.15) is 6.10 Å². The van der Waals surface area contributed by atoms with Crippen molar-refractivity contribution in [2.24, 2.45) is 0 Å². The molecule has 2 unspecified atom stereocenters. The first kappa shape index (κ1) is 17.0. The van der Waals surface area contributed by atoms with Crippen LogP contribution in [-0.2, 0) is 14.3 Å². The van der Waals surface area contributed by atoms with E-state index in [-0.39, 0.29) is 30.9 Å². The Bertz CT molecular complexity index is 585. The maximum absolute atomic E-state index is 12.0. The molecule has 0 saturated carbocycles. The number of carbonyl (C=O) groups is 3. The lowest BCUT2D eigenvalue weighted by Crippen LogP contribution is -2.28. The summed E-state index contributed by atoms with van der Waals surface area (Å²) in [5.74, 6) is -1.50. The molecule has 7 nitrogen and oxygen atoms in total. The summed E-state index contributed by atoms with van der Waals surface area (Å²) in [6, 6.07) is 6.40. The summed E-state index contributed by atoms with van der Waals surface area (Å²) in [6.07, 6.45) is 1.12. The predicted molar refractivity (Wildman–Crippen MR) is 83.2 cm³/mol. The Morgan fingerprint density at radius 3 is 2.48 bits per heavy atom. The van der Waals surface area contributed by atoms with Crippen LogP contribution in [-0.4, -0.2) is 41.6 Å². The Hall–Kier alpha value is -2.41. The van der Waals surface area contributed by atoms with Gasteiger partial charge in [-0.1, -0.05) is 0 Å². The van der Waals surface area contributed by atoms with Crippen molar-refractivity contribution in [2.75, 3.05) is 11.9 Å².